The molecular formula is C32H32N2S2. The summed E-state index contributed by atoms with van der Waals surface area (Å²) in [6, 6.07) is 40.3. The molecule has 0 unspecified atom stereocenters. The Morgan fingerprint density at radius 1 is 0.500 bits per heavy atom. The van der Waals surface area contributed by atoms with Gasteiger partial charge >= 0.3 is 0 Å². The van der Waals surface area contributed by atoms with E-state index in [1.807, 2.05) is 0 Å². The summed E-state index contributed by atoms with van der Waals surface area (Å²) in [4.78, 5) is 0. The first kappa shape index (κ1) is 23.9. The molecule has 0 spiro atoms. The van der Waals surface area contributed by atoms with E-state index in [1.165, 1.54) is 33.4 Å². The zero-order chi connectivity index (χ0) is 24.2. The van der Waals surface area contributed by atoms with Crippen LogP contribution in [0.2, 0.25) is 0 Å². The minimum Gasteiger partial charge on any atom is -0.305 e. The highest BCUT2D eigenvalue weighted by molar-refractivity contribution is 8.77. The molecule has 6 rings (SSSR count). The SMILES string of the molecule is c1ccc(CN[C@H]2c3ccccc3C[C@@H]2SS[C@H]2Cc3ccccc3[C@@H]2NCc2ccccc2)cc1. The monoisotopic (exact) mass is 508 g/mol. The molecule has 182 valence electrons. The van der Waals surface area contributed by atoms with Crippen molar-refractivity contribution >= 4 is 21.6 Å². The molecule has 2 aliphatic rings. The molecule has 2 N–H and O–H groups in total. The Bertz CT molecular complexity index is 1180. The van der Waals surface area contributed by atoms with E-state index >= 15 is 0 Å². The molecule has 0 heterocycles. The lowest BCUT2D eigenvalue weighted by Gasteiger charge is -2.25. The minimum atomic E-state index is 0.374. The molecule has 4 atom stereocenters. The summed E-state index contributed by atoms with van der Waals surface area (Å²) in [5.74, 6) is 0. The number of rotatable bonds is 9. The molecule has 4 aromatic rings. The molecule has 0 saturated heterocycles. The topological polar surface area (TPSA) is 24.1 Å². The lowest BCUT2D eigenvalue weighted by atomic mass is 10.1. The fourth-order valence-electron chi connectivity index (χ4n) is 5.57. The van der Waals surface area contributed by atoms with Crippen molar-refractivity contribution in [1.82, 2.24) is 10.6 Å². The quantitative estimate of drug-likeness (QED) is 0.232. The molecule has 0 amide bonds. The van der Waals surface area contributed by atoms with Crippen LogP contribution in [0.15, 0.2) is 109 Å². The van der Waals surface area contributed by atoms with Crippen molar-refractivity contribution in [3.8, 4) is 0 Å². The zero-order valence-electron chi connectivity index (χ0n) is 20.3. The van der Waals surface area contributed by atoms with Crippen molar-refractivity contribution in [2.24, 2.45) is 0 Å². The average Bonchev–Trinajstić information content (AvgIpc) is 3.48. The van der Waals surface area contributed by atoms with E-state index in [9.17, 15) is 0 Å². The Labute approximate surface area is 222 Å². The van der Waals surface area contributed by atoms with Gasteiger partial charge in [0.15, 0.2) is 0 Å². The molecule has 36 heavy (non-hydrogen) atoms. The predicted molar refractivity (Wildman–Crippen MR) is 155 cm³/mol. The number of fused-ring (bicyclic) bond motifs is 2. The molecule has 4 heteroatoms. The molecule has 2 nitrogen and oxygen atoms in total. The van der Waals surface area contributed by atoms with Crippen molar-refractivity contribution < 1.29 is 0 Å². The molecule has 0 radical (unpaired) electrons. The standard InChI is InChI=1S/C32H32N2S2/c1-3-11-23(12-4-1)21-33-31-27-17-9-7-15-25(27)19-29(31)35-36-30-20-26-16-8-10-18-28(26)32(30)34-22-24-13-5-2-6-14-24/h1-18,29-34H,19-22H2/t29-,30-,31-,32-/m0/s1. The summed E-state index contributed by atoms with van der Waals surface area (Å²) >= 11 is 0. The van der Waals surface area contributed by atoms with Crippen LogP contribution >= 0.6 is 21.6 Å². The lowest BCUT2D eigenvalue weighted by Crippen LogP contribution is -2.28. The van der Waals surface area contributed by atoms with Crippen molar-refractivity contribution in [3.63, 3.8) is 0 Å². The van der Waals surface area contributed by atoms with Crippen LogP contribution in [0.1, 0.15) is 45.5 Å². The van der Waals surface area contributed by atoms with Gasteiger partial charge in [0.25, 0.3) is 0 Å². The zero-order valence-corrected chi connectivity index (χ0v) is 22.0. The van der Waals surface area contributed by atoms with Gasteiger partial charge in [-0.3, -0.25) is 0 Å². The third kappa shape index (κ3) is 5.28. The van der Waals surface area contributed by atoms with Crippen LogP contribution < -0.4 is 10.6 Å². The summed E-state index contributed by atoms with van der Waals surface area (Å²) < 4.78 is 0. The maximum atomic E-state index is 3.90. The minimum absolute atomic E-state index is 0.374. The highest BCUT2D eigenvalue weighted by atomic mass is 33.1. The molecule has 0 saturated carbocycles. The van der Waals surface area contributed by atoms with Crippen molar-refractivity contribution in [3.05, 3.63) is 143 Å². The molecule has 0 fully saturated rings. The number of hydrogen-bond acceptors (Lipinski definition) is 4. The van der Waals surface area contributed by atoms with Gasteiger partial charge < -0.3 is 10.6 Å². The van der Waals surface area contributed by atoms with Gasteiger partial charge in [0.2, 0.25) is 0 Å². The van der Waals surface area contributed by atoms with Gasteiger partial charge in [-0.25, -0.2) is 0 Å². The van der Waals surface area contributed by atoms with Crippen LogP contribution in [0.3, 0.4) is 0 Å². The normalized spacial score (nSPS) is 22.3. The average molecular weight is 509 g/mol. The summed E-state index contributed by atoms with van der Waals surface area (Å²) in [5, 5.41) is 8.86. The molecule has 0 aromatic heterocycles. The molecule has 0 bridgehead atoms. The number of hydrogen-bond donors (Lipinski definition) is 2. The Kier molecular flexibility index (Phi) is 7.47. The van der Waals surface area contributed by atoms with Crippen LogP contribution in [0.5, 0.6) is 0 Å². The highest BCUT2D eigenvalue weighted by Crippen LogP contribution is 2.49. The van der Waals surface area contributed by atoms with E-state index in [0.29, 0.717) is 22.6 Å². The van der Waals surface area contributed by atoms with E-state index in [4.69, 9.17) is 0 Å². The highest BCUT2D eigenvalue weighted by Gasteiger charge is 2.37. The van der Waals surface area contributed by atoms with Crippen LogP contribution in [0.4, 0.5) is 0 Å². The summed E-state index contributed by atoms with van der Waals surface area (Å²) in [6.07, 6.45) is 2.25. The fourth-order valence-corrected chi connectivity index (χ4v) is 8.99. The van der Waals surface area contributed by atoms with Crippen LogP contribution in [-0.4, -0.2) is 10.5 Å². The molecule has 0 aliphatic heterocycles. The number of benzene rings is 4. The van der Waals surface area contributed by atoms with Crippen LogP contribution in [-0.2, 0) is 25.9 Å². The second-order valence-electron chi connectivity index (χ2n) is 9.76. The van der Waals surface area contributed by atoms with Gasteiger partial charge in [-0.2, -0.15) is 0 Å². The fraction of sp³-hybridized carbons (Fsp3) is 0.250. The van der Waals surface area contributed by atoms with E-state index < -0.39 is 0 Å². The molecular weight excluding hydrogens is 477 g/mol. The van der Waals surface area contributed by atoms with Crippen molar-refractivity contribution in [2.45, 2.75) is 48.5 Å². The third-order valence-electron chi connectivity index (χ3n) is 7.41. The van der Waals surface area contributed by atoms with Gasteiger partial charge in [0.1, 0.15) is 0 Å². The Morgan fingerprint density at radius 3 is 1.33 bits per heavy atom. The molecule has 2 aliphatic carbocycles. The van der Waals surface area contributed by atoms with Gasteiger partial charge in [-0.1, -0.05) is 131 Å². The van der Waals surface area contributed by atoms with E-state index in [0.717, 1.165) is 25.9 Å². The van der Waals surface area contributed by atoms with Gasteiger partial charge in [-0.15, -0.1) is 0 Å². The first-order valence-corrected chi connectivity index (χ1v) is 15.1. The van der Waals surface area contributed by atoms with Gasteiger partial charge in [-0.05, 0) is 46.2 Å². The molecule has 4 aromatic carbocycles. The lowest BCUT2D eigenvalue weighted by molar-refractivity contribution is 0.539. The van der Waals surface area contributed by atoms with E-state index in [1.54, 1.807) is 0 Å². The summed E-state index contributed by atoms with van der Waals surface area (Å²) in [7, 11) is 4.18. The Morgan fingerprint density at radius 2 is 0.889 bits per heavy atom. The van der Waals surface area contributed by atoms with E-state index in [2.05, 4.69) is 141 Å². The smallest absolute Gasteiger partial charge is 0.0457 e. The third-order valence-corrected chi connectivity index (χ3v) is 10.7. The first-order chi connectivity index (χ1) is 17.8. The largest absolute Gasteiger partial charge is 0.305 e. The first-order valence-electron chi connectivity index (χ1n) is 12.9. The van der Waals surface area contributed by atoms with Crippen molar-refractivity contribution in [2.75, 3.05) is 0 Å². The van der Waals surface area contributed by atoms with Crippen LogP contribution in [0.25, 0.3) is 0 Å². The Balaban J connectivity index is 1.15. The number of nitrogens with one attached hydrogen (secondary N) is 2. The van der Waals surface area contributed by atoms with Crippen molar-refractivity contribution in [1.29, 1.82) is 0 Å². The summed E-state index contributed by atoms with van der Waals surface area (Å²) in [6.45, 7) is 1.80. The van der Waals surface area contributed by atoms with Crippen LogP contribution in [0, 0.1) is 0 Å². The van der Waals surface area contributed by atoms with Gasteiger partial charge in [0.05, 0.1) is 0 Å². The summed E-state index contributed by atoms with van der Waals surface area (Å²) in [5.41, 5.74) is 8.62. The van der Waals surface area contributed by atoms with Gasteiger partial charge in [0, 0.05) is 35.7 Å². The second kappa shape index (κ2) is 11.3. The second-order valence-corrected chi connectivity index (χ2v) is 12.5. The maximum absolute atomic E-state index is 3.90. The predicted octanol–water partition coefficient (Wildman–Crippen LogP) is 7.28. The van der Waals surface area contributed by atoms with E-state index in [-0.39, 0.29) is 0 Å². The Hall–Kier alpha value is -2.50. The maximum Gasteiger partial charge on any atom is 0.0457 e.